The molecule has 0 aromatic carbocycles. The van der Waals surface area contributed by atoms with Crippen LogP contribution in [0.4, 0.5) is 0 Å². The second-order valence-corrected chi connectivity index (χ2v) is 6.73. The molecule has 1 fully saturated rings. The molecule has 24 heavy (non-hydrogen) atoms. The van der Waals surface area contributed by atoms with E-state index < -0.39 is 5.97 Å². The van der Waals surface area contributed by atoms with Crippen LogP contribution >= 0.6 is 24.0 Å². The third-order valence-electron chi connectivity index (χ3n) is 3.25. The predicted octanol–water partition coefficient (Wildman–Crippen LogP) is 3.93. The molecule has 0 spiro atoms. The number of amides is 1. The molecule has 0 bridgehead atoms. The van der Waals surface area contributed by atoms with Gasteiger partial charge in [0.2, 0.25) is 0 Å². The van der Waals surface area contributed by atoms with Gasteiger partial charge in [0, 0.05) is 12.6 Å². The summed E-state index contributed by atoms with van der Waals surface area (Å²) < 4.78 is 6.09. The van der Waals surface area contributed by atoms with E-state index in [1.165, 1.54) is 4.90 Å². The lowest BCUT2D eigenvalue weighted by molar-refractivity contribution is -0.137. The number of carboxylic acids is 1. The number of carbonyl (C=O) groups is 2. The Kier molecular flexibility index (Phi) is 6.16. The maximum Gasteiger partial charge on any atom is 0.305 e. The Bertz CT molecular complexity index is 758. The molecule has 7 heteroatoms. The molecule has 0 saturated carbocycles. The van der Waals surface area contributed by atoms with Crippen molar-refractivity contribution in [1.29, 1.82) is 0 Å². The van der Waals surface area contributed by atoms with Gasteiger partial charge < -0.3 is 9.52 Å². The van der Waals surface area contributed by atoms with E-state index in [-0.39, 0.29) is 18.9 Å². The van der Waals surface area contributed by atoms with Gasteiger partial charge in [-0.25, -0.2) is 0 Å². The van der Waals surface area contributed by atoms with Gasteiger partial charge in [-0.15, -0.1) is 0 Å². The number of rotatable bonds is 6. The summed E-state index contributed by atoms with van der Waals surface area (Å²) in [6, 6.07) is 3.62. The molecule has 1 aliphatic heterocycles. The molecule has 0 unspecified atom stereocenters. The molecule has 2 rings (SSSR count). The van der Waals surface area contributed by atoms with Gasteiger partial charge in [-0.1, -0.05) is 42.2 Å². The van der Waals surface area contributed by atoms with Crippen molar-refractivity contribution in [1.82, 2.24) is 4.90 Å². The number of hydrogen-bond donors (Lipinski definition) is 1. The van der Waals surface area contributed by atoms with Crippen molar-refractivity contribution in [2.75, 3.05) is 6.54 Å². The monoisotopic (exact) mass is 363 g/mol. The van der Waals surface area contributed by atoms with Crippen LogP contribution in [0.1, 0.15) is 31.8 Å². The minimum Gasteiger partial charge on any atom is -0.481 e. The average molecular weight is 363 g/mol. The summed E-state index contributed by atoms with van der Waals surface area (Å²) in [4.78, 5) is 24.7. The van der Waals surface area contributed by atoms with Crippen molar-refractivity contribution < 1.29 is 19.1 Å². The van der Waals surface area contributed by atoms with E-state index in [4.69, 9.17) is 21.7 Å². The number of aliphatic carboxylic acids is 1. The Balaban J connectivity index is 2.15. The largest absolute Gasteiger partial charge is 0.481 e. The van der Waals surface area contributed by atoms with Gasteiger partial charge in [-0.2, -0.15) is 0 Å². The van der Waals surface area contributed by atoms with E-state index in [0.717, 1.165) is 23.1 Å². The maximum atomic E-state index is 12.3. The van der Waals surface area contributed by atoms with Gasteiger partial charge in [0.1, 0.15) is 15.8 Å². The number of thioether (sulfide) groups is 1. The second kappa shape index (κ2) is 8.12. The van der Waals surface area contributed by atoms with E-state index in [0.29, 0.717) is 15.0 Å². The molecular formula is C17H17NO4S2. The minimum atomic E-state index is -0.966. The fourth-order valence-corrected chi connectivity index (χ4v) is 3.28. The molecule has 0 radical (unpaired) electrons. The van der Waals surface area contributed by atoms with Crippen LogP contribution in [0.3, 0.4) is 0 Å². The molecule has 5 nitrogen and oxygen atoms in total. The lowest BCUT2D eigenvalue weighted by Crippen LogP contribution is -2.30. The number of nitrogens with zero attached hydrogens (tertiary/aromatic N) is 1. The fraction of sp³-hybridized carbons (Fsp3) is 0.235. The Hall–Kier alpha value is -2.12. The first-order chi connectivity index (χ1) is 11.4. The SMILES string of the molecule is C/C=C\C=C(/C)c1ccc(/C=C2/SC(=S)N(CCC(=O)O)C2=O)o1. The van der Waals surface area contributed by atoms with Crippen molar-refractivity contribution in [3.63, 3.8) is 0 Å². The zero-order valence-electron chi connectivity index (χ0n) is 13.3. The van der Waals surface area contributed by atoms with Crippen LogP contribution in [-0.2, 0) is 9.59 Å². The molecule has 2 heterocycles. The summed E-state index contributed by atoms with van der Waals surface area (Å²) in [5.74, 6) is 0.0233. The Morgan fingerprint density at radius 3 is 2.88 bits per heavy atom. The highest BCUT2D eigenvalue weighted by atomic mass is 32.2. The highest BCUT2D eigenvalue weighted by Gasteiger charge is 2.32. The second-order valence-electron chi connectivity index (χ2n) is 5.05. The number of hydrogen-bond acceptors (Lipinski definition) is 5. The number of carboxylic acid groups (broad SMARTS) is 1. The summed E-state index contributed by atoms with van der Waals surface area (Å²) in [5.41, 5.74) is 0.974. The molecular weight excluding hydrogens is 346 g/mol. The van der Waals surface area contributed by atoms with Crippen molar-refractivity contribution in [3.05, 3.63) is 46.8 Å². The first-order valence-electron chi connectivity index (χ1n) is 7.29. The third-order valence-corrected chi connectivity index (χ3v) is 4.63. The van der Waals surface area contributed by atoms with Gasteiger partial charge >= 0.3 is 5.97 Å². The van der Waals surface area contributed by atoms with Crippen molar-refractivity contribution in [2.24, 2.45) is 0 Å². The van der Waals surface area contributed by atoms with Crippen LogP contribution < -0.4 is 0 Å². The van der Waals surface area contributed by atoms with E-state index in [2.05, 4.69) is 0 Å². The zero-order valence-corrected chi connectivity index (χ0v) is 14.9. The van der Waals surface area contributed by atoms with Crippen LogP contribution in [-0.4, -0.2) is 32.7 Å². The fourth-order valence-electron chi connectivity index (χ4n) is 1.99. The van der Waals surface area contributed by atoms with Crippen LogP contribution in [0.5, 0.6) is 0 Å². The smallest absolute Gasteiger partial charge is 0.305 e. The topological polar surface area (TPSA) is 70.8 Å². The molecule has 0 atom stereocenters. The first-order valence-corrected chi connectivity index (χ1v) is 8.51. The van der Waals surface area contributed by atoms with Crippen LogP contribution in [0.25, 0.3) is 11.6 Å². The first kappa shape index (κ1) is 18.2. The molecule has 1 aromatic heterocycles. The Morgan fingerprint density at radius 2 is 2.21 bits per heavy atom. The highest BCUT2D eigenvalue weighted by Crippen LogP contribution is 2.33. The van der Waals surface area contributed by atoms with Crippen molar-refractivity contribution >= 4 is 51.8 Å². The molecule has 1 amide bonds. The van der Waals surface area contributed by atoms with Gasteiger partial charge in [0.25, 0.3) is 5.91 Å². The van der Waals surface area contributed by atoms with Gasteiger partial charge in [-0.3, -0.25) is 14.5 Å². The van der Waals surface area contributed by atoms with Crippen LogP contribution in [0.15, 0.2) is 39.7 Å². The van der Waals surface area contributed by atoms with E-state index in [9.17, 15) is 9.59 Å². The molecule has 1 aliphatic rings. The normalized spacial score (nSPS) is 17.5. The van der Waals surface area contributed by atoms with Gasteiger partial charge in [0.15, 0.2) is 0 Å². The Morgan fingerprint density at radius 1 is 1.46 bits per heavy atom. The quantitative estimate of drug-likeness (QED) is 0.469. The standard InChI is InChI=1S/C17H17NO4S2/c1-3-4-5-11(2)13-7-6-12(22-13)10-14-16(21)18(17(23)24-14)9-8-15(19)20/h3-7,10H,8-9H2,1-2H3,(H,19,20)/b4-3-,11-5+,14-10+. The molecule has 1 aromatic rings. The van der Waals surface area contributed by atoms with Crippen LogP contribution in [0, 0.1) is 0 Å². The Labute approximate surface area is 149 Å². The van der Waals surface area contributed by atoms with Gasteiger partial charge in [0.05, 0.1) is 11.3 Å². The maximum absolute atomic E-state index is 12.3. The summed E-state index contributed by atoms with van der Waals surface area (Å²) >= 11 is 6.29. The van der Waals surface area contributed by atoms with E-state index >= 15 is 0 Å². The highest BCUT2D eigenvalue weighted by molar-refractivity contribution is 8.26. The van der Waals surface area contributed by atoms with Gasteiger partial charge in [-0.05, 0) is 31.6 Å². The molecule has 126 valence electrons. The predicted molar refractivity (Wildman–Crippen MR) is 99.3 cm³/mol. The number of allylic oxidation sites excluding steroid dienone is 4. The van der Waals surface area contributed by atoms with Crippen LogP contribution in [0.2, 0.25) is 0 Å². The van der Waals surface area contributed by atoms with Crippen molar-refractivity contribution in [3.8, 4) is 0 Å². The average Bonchev–Trinajstić information content (AvgIpc) is 3.09. The summed E-state index contributed by atoms with van der Waals surface area (Å²) in [6.45, 7) is 3.95. The summed E-state index contributed by atoms with van der Waals surface area (Å²) in [5, 5.41) is 8.74. The van der Waals surface area contributed by atoms with Crippen molar-refractivity contribution in [2.45, 2.75) is 20.3 Å². The molecule has 1 N–H and O–H groups in total. The number of thiocarbonyl (C=S) groups is 1. The molecule has 1 saturated heterocycles. The summed E-state index contributed by atoms with van der Waals surface area (Å²) in [6.07, 6.45) is 7.28. The lowest BCUT2D eigenvalue weighted by Gasteiger charge is -2.12. The third kappa shape index (κ3) is 4.46. The van der Waals surface area contributed by atoms with E-state index in [1.54, 1.807) is 12.1 Å². The number of furan rings is 1. The lowest BCUT2D eigenvalue weighted by atomic mass is 10.2. The minimum absolute atomic E-state index is 0.0753. The van der Waals surface area contributed by atoms with E-state index in [1.807, 2.05) is 38.1 Å². The zero-order chi connectivity index (χ0) is 17.7. The molecule has 0 aliphatic carbocycles. The number of carbonyl (C=O) groups excluding carboxylic acids is 1. The summed E-state index contributed by atoms with van der Waals surface area (Å²) in [7, 11) is 0.